The van der Waals surface area contributed by atoms with Gasteiger partial charge < -0.3 is 9.42 Å². The summed E-state index contributed by atoms with van der Waals surface area (Å²) in [7, 11) is -3.27. The van der Waals surface area contributed by atoms with Gasteiger partial charge in [0, 0.05) is 0 Å². The third-order valence-corrected chi connectivity index (χ3v) is 1.86. The first kappa shape index (κ1) is 12.6. The van der Waals surface area contributed by atoms with E-state index < -0.39 is 26.8 Å². The van der Waals surface area contributed by atoms with E-state index in [9.17, 15) is 13.8 Å². The highest BCUT2D eigenvalue weighted by molar-refractivity contribution is 7.32. The molecule has 0 fully saturated rings. The van der Waals surface area contributed by atoms with E-state index in [1.165, 1.54) is 0 Å². The Labute approximate surface area is 77.0 Å². The number of carbonyl (C=O) groups excluding carboxylic acids is 1. The van der Waals surface area contributed by atoms with Gasteiger partial charge in [0.25, 0.3) is 0 Å². The number of hydrogen-bond donors (Lipinski definition) is 1. The van der Waals surface area contributed by atoms with Crippen LogP contribution < -0.4 is 0 Å². The second-order valence-corrected chi connectivity index (χ2v) is 3.42. The first-order chi connectivity index (χ1) is 6.06. The van der Waals surface area contributed by atoms with Crippen molar-refractivity contribution in [3.63, 3.8) is 0 Å². The van der Waals surface area contributed by atoms with Crippen molar-refractivity contribution in [1.82, 2.24) is 0 Å². The summed E-state index contributed by atoms with van der Waals surface area (Å²) in [5.74, 6) is -0.949. The molecule has 0 aliphatic heterocycles. The summed E-state index contributed by atoms with van der Waals surface area (Å²) in [4.78, 5) is 18.8. The SMILES string of the molecule is CCCCC(F)CC(=O)O[PH](=O)O. The molecule has 2 atom stereocenters. The van der Waals surface area contributed by atoms with E-state index in [1.54, 1.807) is 0 Å². The predicted molar refractivity (Wildman–Crippen MR) is 46.4 cm³/mol. The molecule has 0 saturated heterocycles. The summed E-state index contributed by atoms with van der Waals surface area (Å²) in [6.45, 7) is 1.91. The highest BCUT2D eigenvalue weighted by atomic mass is 31.1. The van der Waals surface area contributed by atoms with Crippen LogP contribution in [-0.2, 0) is 13.9 Å². The van der Waals surface area contributed by atoms with Gasteiger partial charge in [-0.2, -0.15) is 0 Å². The highest BCUT2D eigenvalue weighted by Crippen LogP contribution is 2.18. The van der Waals surface area contributed by atoms with Gasteiger partial charge in [-0.25, -0.2) is 8.96 Å². The van der Waals surface area contributed by atoms with Gasteiger partial charge in [-0.3, -0.25) is 4.79 Å². The van der Waals surface area contributed by atoms with Gasteiger partial charge in [0.1, 0.15) is 6.17 Å². The molecule has 0 aromatic heterocycles. The Balaban J connectivity index is 3.59. The average Bonchev–Trinajstić information content (AvgIpc) is 1.98. The first-order valence-corrected chi connectivity index (χ1v) is 5.40. The van der Waals surface area contributed by atoms with Crippen molar-refractivity contribution in [2.75, 3.05) is 0 Å². The average molecular weight is 212 g/mol. The van der Waals surface area contributed by atoms with Crippen LogP contribution >= 0.6 is 8.25 Å². The van der Waals surface area contributed by atoms with Crippen LogP contribution in [0.25, 0.3) is 0 Å². The summed E-state index contributed by atoms with van der Waals surface area (Å²) in [6, 6.07) is 0. The fourth-order valence-corrected chi connectivity index (χ4v) is 1.13. The topological polar surface area (TPSA) is 63.6 Å². The van der Waals surface area contributed by atoms with Gasteiger partial charge in [0.2, 0.25) is 0 Å². The molecule has 0 aliphatic carbocycles. The van der Waals surface area contributed by atoms with Gasteiger partial charge in [-0.1, -0.05) is 19.8 Å². The van der Waals surface area contributed by atoms with E-state index in [1.807, 2.05) is 6.92 Å². The second-order valence-electron chi connectivity index (χ2n) is 2.68. The number of rotatable bonds is 6. The summed E-state index contributed by atoms with van der Waals surface area (Å²) in [5.41, 5.74) is 0. The fourth-order valence-electron chi connectivity index (χ4n) is 0.848. The van der Waals surface area contributed by atoms with Gasteiger partial charge in [0.15, 0.2) is 0 Å². The summed E-state index contributed by atoms with van der Waals surface area (Å²) >= 11 is 0. The zero-order valence-electron chi connectivity index (χ0n) is 7.46. The third-order valence-electron chi connectivity index (χ3n) is 1.46. The zero-order valence-corrected chi connectivity index (χ0v) is 8.46. The molecule has 0 rings (SSSR count). The molecule has 0 aliphatic rings. The standard InChI is InChI=1S/C7H14FO4P/c1-2-3-4-6(8)5-7(9)12-13(10)11/h6,13H,2-5H2,1H3,(H,10,11). The molecule has 0 heterocycles. The number of unbranched alkanes of at least 4 members (excludes halogenated alkanes) is 1. The molecule has 2 unspecified atom stereocenters. The van der Waals surface area contributed by atoms with Crippen LogP contribution in [-0.4, -0.2) is 17.0 Å². The van der Waals surface area contributed by atoms with Crippen LogP contribution in [0.1, 0.15) is 32.6 Å². The Morgan fingerprint density at radius 3 is 2.77 bits per heavy atom. The van der Waals surface area contributed by atoms with E-state index in [-0.39, 0.29) is 6.42 Å². The van der Waals surface area contributed by atoms with Crippen molar-refractivity contribution in [1.29, 1.82) is 0 Å². The Hall–Kier alpha value is -0.410. The molecule has 78 valence electrons. The van der Waals surface area contributed by atoms with Crippen molar-refractivity contribution >= 4 is 14.2 Å². The van der Waals surface area contributed by atoms with Crippen molar-refractivity contribution < 1.29 is 23.2 Å². The Morgan fingerprint density at radius 1 is 1.69 bits per heavy atom. The lowest BCUT2D eigenvalue weighted by atomic mass is 10.1. The third kappa shape index (κ3) is 7.94. The van der Waals surface area contributed by atoms with Crippen molar-refractivity contribution in [2.24, 2.45) is 0 Å². The highest BCUT2D eigenvalue weighted by Gasteiger charge is 2.14. The van der Waals surface area contributed by atoms with Gasteiger partial charge in [0.05, 0.1) is 6.42 Å². The summed E-state index contributed by atoms with van der Waals surface area (Å²) in [6.07, 6.45) is 0.137. The normalized spacial score (nSPS) is 15.0. The molecular formula is C7H14FO4P. The van der Waals surface area contributed by atoms with Crippen LogP contribution in [0.4, 0.5) is 4.39 Å². The zero-order chi connectivity index (χ0) is 10.3. The number of hydrogen-bond acceptors (Lipinski definition) is 3. The van der Waals surface area contributed by atoms with Crippen LogP contribution in [0, 0.1) is 0 Å². The molecule has 0 aromatic rings. The fraction of sp³-hybridized carbons (Fsp3) is 0.857. The van der Waals surface area contributed by atoms with E-state index >= 15 is 0 Å². The van der Waals surface area contributed by atoms with Gasteiger partial charge in [-0.05, 0) is 6.42 Å². The van der Waals surface area contributed by atoms with E-state index in [0.29, 0.717) is 6.42 Å². The number of carbonyl (C=O) groups is 1. The van der Waals surface area contributed by atoms with Gasteiger partial charge in [-0.15, -0.1) is 0 Å². The monoisotopic (exact) mass is 212 g/mol. The lowest BCUT2D eigenvalue weighted by Crippen LogP contribution is -2.09. The molecule has 1 N–H and O–H groups in total. The molecule has 0 radical (unpaired) electrons. The lowest BCUT2D eigenvalue weighted by Gasteiger charge is -2.05. The second kappa shape index (κ2) is 7.04. The largest absolute Gasteiger partial charge is 0.394 e. The molecule has 0 spiro atoms. The Morgan fingerprint density at radius 2 is 2.31 bits per heavy atom. The molecule has 0 bridgehead atoms. The van der Waals surface area contributed by atoms with Crippen LogP contribution in [0.2, 0.25) is 0 Å². The Bertz CT molecular complexity index is 185. The summed E-state index contributed by atoms with van der Waals surface area (Å²) < 4.78 is 26.8. The minimum atomic E-state index is -3.27. The number of alkyl halides is 1. The Kier molecular flexibility index (Phi) is 6.82. The van der Waals surface area contributed by atoms with E-state index in [2.05, 4.69) is 4.52 Å². The first-order valence-electron chi connectivity index (χ1n) is 4.14. The molecule has 0 amide bonds. The maximum atomic E-state index is 12.8. The van der Waals surface area contributed by atoms with Crippen molar-refractivity contribution in [2.45, 2.75) is 38.8 Å². The molecule has 0 saturated carbocycles. The number of halogens is 1. The maximum absolute atomic E-state index is 12.8. The smallest absolute Gasteiger partial charge is 0.367 e. The van der Waals surface area contributed by atoms with E-state index in [0.717, 1.165) is 6.42 Å². The van der Waals surface area contributed by atoms with Crippen molar-refractivity contribution in [3.8, 4) is 0 Å². The predicted octanol–water partition coefficient (Wildman–Crippen LogP) is 1.83. The quantitative estimate of drug-likeness (QED) is 0.682. The van der Waals surface area contributed by atoms with E-state index in [4.69, 9.17) is 4.89 Å². The van der Waals surface area contributed by atoms with Crippen molar-refractivity contribution in [3.05, 3.63) is 0 Å². The molecule has 0 aromatic carbocycles. The lowest BCUT2D eigenvalue weighted by molar-refractivity contribution is -0.135. The van der Waals surface area contributed by atoms with Crippen LogP contribution in [0.3, 0.4) is 0 Å². The van der Waals surface area contributed by atoms with Gasteiger partial charge >= 0.3 is 14.2 Å². The molecule has 6 heteroatoms. The molecule has 13 heavy (non-hydrogen) atoms. The maximum Gasteiger partial charge on any atom is 0.367 e. The summed E-state index contributed by atoms with van der Waals surface area (Å²) in [5, 5.41) is 0. The molecular weight excluding hydrogens is 198 g/mol. The minimum Gasteiger partial charge on any atom is -0.394 e. The van der Waals surface area contributed by atoms with Crippen LogP contribution in [0.5, 0.6) is 0 Å². The molecule has 4 nitrogen and oxygen atoms in total. The van der Waals surface area contributed by atoms with Crippen LogP contribution in [0.15, 0.2) is 0 Å². The minimum absolute atomic E-state index is 0.290.